The van der Waals surface area contributed by atoms with E-state index in [1.165, 1.54) is 0 Å². The molecule has 3 aromatic rings. The molecule has 2 N–H and O–H groups in total. The van der Waals surface area contributed by atoms with Crippen LogP contribution >= 0.6 is 0 Å². The van der Waals surface area contributed by atoms with Crippen LogP contribution in [0.2, 0.25) is 0 Å². The molecule has 7 heteroatoms. The number of rotatable bonds is 6. The number of amides is 1. The van der Waals surface area contributed by atoms with Crippen molar-refractivity contribution in [1.29, 1.82) is 0 Å². The van der Waals surface area contributed by atoms with E-state index in [1.807, 2.05) is 24.3 Å². The number of anilines is 1. The molecule has 0 saturated carbocycles. The largest absolute Gasteiger partial charge is 0.467 e. The van der Waals surface area contributed by atoms with E-state index in [4.69, 9.17) is 4.42 Å². The lowest BCUT2D eigenvalue weighted by molar-refractivity contribution is 0.0945. The molecule has 0 fully saturated rings. The summed E-state index contributed by atoms with van der Waals surface area (Å²) in [7, 11) is 0. The third-order valence-corrected chi connectivity index (χ3v) is 3.12. The summed E-state index contributed by atoms with van der Waals surface area (Å²) in [5, 5.41) is 13.8. The molecule has 3 rings (SSSR count). The van der Waals surface area contributed by atoms with Crippen molar-refractivity contribution >= 4 is 11.7 Å². The van der Waals surface area contributed by atoms with Gasteiger partial charge in [-0.15, -0.1) is 10.2 Å². The molecule has 0 unspecified atom stereocenters. The van der Waals surface area contributed by atoms with Crippen molar-refractivity contribution in [2.45, 2.75) is 13.1 Å². The molecule has 0 bridgehead atoms. The fourth-order valence-electron chi connectivity index (χ4n) is 1.91. The summed E-state index contributed by atoms with van der Waals surface area (Å²) in [6.07, 6.45) is 4.97. The van der Waals surface area contributed by atoms with Crippen LogP contribution in [0.3, 0.4) is 0 Å². The van der Waals surface area contributed by atoms with Crippen LogP contribution in [0.1, 0.15) is 21.8 Å². The van der Waals surface area contributed by atoms with E-state index in [0.29, 0.717) is 18.9 Å². The predicted octanol–water partition coefficient (Wildman–Crippen LogP) is 2.01. The van der Waals surface area contributed by atoms with Crippen LogP contribution in [0.4, 0.5) is 5.82 Å². The van der Waals surface area contributed by atoms with E-state index in [-0.39, 0.29) is 11.6 Å². The SMILES string of the molecule is O=C(NCc1ccncc1)c1ccc(NCc2ccco2)nn1. The fraction of sp³-hybridized carbons (Fsp3) is 0.125. The molecule has 0 aromatic carbocycles. The van der Waals surface area contributed by atoms with E-state index < -0.39 is 0 Å². The second kappa shape index (κ2) is 7.17. The van der Waals surface area contributed by atoms with Crippen molar-refractivity contribution < 1.29 is 9.21 Å². The van der Waals surface area contributed by atoms with Gasteiger partial charge in [0.05, 0.1) is 12.8 Å². The van der Waals surface area contributed by atoms with Crippen LogP contribution in [0.25, 0.3) is 0 Å². The van der Waals surface area contributed by atoms with E-state index in [2.05, 4.69) is 25.8 Å². The topological polar surface area (TPSA) is 92.9 Å². The lowest BCUT2D eigenvalue weighted by Gasteiger charge is -2.05. The van der Waals surface area contributed by atoms with Gasteiger partial charge in [-0.25, -0.2) is 0 Å². The second-order valence-corrected chi connectivity index (χ2v) is 4.77. The van der Waals surface area contributed by atoms with Crippen LogP contribution in [-0.4, -0.2) is 21.1 Å². The first-order valence-electron chi connectivity index (χ1n) is 7.08. The third kappa shape index (κ3) is 4.13. The lowest BCUT2D eigenvalue weighted by atomic mass is 10.2. The Labute approximate surface area is 132 Å². The Morgan fingerprint density at radius 3 is 2.61 bits per heavy atom. The number of aromatic nitrogens is 3. The van der Waals surface area contributed by atoms with Gasteiger partial charge in [0.1, 0.15) is 11.6 Å². The van der Waals surface area contributed by atoms with Gasteiger partial charge in [0, 0.05) is 18.9 Å². The maximum atomic E-state index is 12.0. The van der Waals surface area contributed by atoms with Crippen LogP contribution < -0.4 is 10.6 Å². The number of carbonyl (C=O) groups excluding carboxylic acids is 1. The summed E-state index contributed by atoms with van der Waals surface area (Å²) in [6, 6.07) is 10.7. The predicted molar refractivity (Wildman–Crippen MR) is 83.5 cm³/mol. The minimum atomic E-state index is -0.271. The molecule has 7 nitrogen and oxygen atoms in total. The van der Waals surface area contributed by atoms with Gasteiger partial charge in [0.2, 0.25) is 0 Å². The zero-order chi connectivity index (χ0) is 15.9. The number of hydrogen-bond acceptors (Lipinski definition) is 6. The normalized spacial score (nSPS) is 10.3. The van der Waals surface area contributed by atoms with E-state index >= 15 is 0 Å². The van der Waals surface area contributed by atoms with Gasteiger partial charge in [0.15, 0.2) is 5.69 Å². The number of nitrogens with one attached hydrogen (secondary N) is 2. The van der Waals surface area contributed by atoms with Crippen molar-refractivity contribution in [2.75, 3.05) is 5.32 Å². The molecule has 1 amide bonds. The smallest absolute Gasteiger partial charge is 0.272 e. The van der Waals surface area contributed by atoms with Crippen molar-refractivity contribution in [1.82, 2.24) is 20.5 Å². The van der Waals surface area contributed by atoms with Gasteiger partial charge in [-0.2, -0.15) is 0 Å². The number of pyridine rings is 1. The van der Waals surface area contributed by atoms with Crippen molar-refractivity contribution in [3.8, 4) is 0 Å². The van der Waals surface area contributed by atoms with Gasteiger partial charge in [-0.1, -0.05) is 0 Å². The molecule has 0 saturated heterocycles. The average Bonchev–Trinajstić information content (AvgIpc) is 3.13. The van der Waals surface area contributed by atoms with Crippen molar-refractivity contribution in [2.24, 2.45) is 0 Å². The Hall–Kier alpha value is -3.22. The van der Waals surface area contributed by atoms with Gasteiger partial charge < -0.3 is 15.1 Å². The molecular formula is C16H15N5O2. The van der Waals surface area contributed by atoms with E-state index in [1.54, 1.807) is 30.8 Å². The molecule has 0 aliphatic rings. The third-order valence-electron chi connectivity index (χ3n) is 3.12. The van der Waals surface area contributed by atoms with Crippen LogP contribution in [0.15, 0.2) is 59.5 Å². The average molecular weight is 309 g/mol. The molecule has 0 aliphatic heterocycles. The highest BCUT2D eigenvalue weighted by molar-refractivity contribution is 5.92. The fourth-order valence-corrected chi connectivity index (χ4v) is 1.91. The first-order valence-corrected chi connectivity index (χ1v) is 7.08. The molecule has 3 aromatic heterocycles. The Balaban J connectivity index is 1.53. The van der Waals surface area contributed by atoms with E-state index in [0.717, 1.165) is 11.3 Å². The monoisotopic (exact) mass is 309 g/mol. The minimum Gasteiger partial charge on any atom is -0.467 e. The van der Waals surface area contributed by atoms with Gasteiger partial charge in [0.25, 0.3) is 5.91 Å². The van der Waals surface area contributed by atoms with Crippen LogP contribution in [0.5, 0.6) is 0 Å². The summed E-state index contributed by atoms with van der Waals surface area (Å²) < 4.78 is 5.21. The standard InChI is InChI=1S/C16H15N5O2/c22-16(19-10-12-5-7-17-8-6-12)14-3-4-15(21-20-14)18-11-13-2-1-9-23-13/h1-9H,10-11H2,(H,18,21)(H,19,22). The first-order chi connectivity index (χ1) is 11.3. The summed E-state index contributed by atoms with van der Waals surface area (Å²) in [5.74, 6) is 1.10. The van der Waals surface area contributed by atoms with E-state index in [9.17, 15) is 4.79 Å². The molecule has 23 heavy (non-hydrogen) atoms. The maximum Gasteiger partial charge on any atom is 0.272 e. The molecule has 0 spiro atoms. The zero-order valence-corrected chi connectivity index (χ0v) is 12.3. The first kappa shape index (κ1) is 14.7. The molecule has 0 radical (unpaired) electrons. The lowest BCUT2D eigenvalue weighted by Crippen LogP contribution is -2.24. The molecule has 3 heterocycles. The zero-order valence-electron chi connectivity index (χ0n) is 12.3. The number of carbonyl (C=O) groups is 1. The van der Waals surface area contributed by atoms with Crippen molar-refractivity contribution in [3.05, 3.63) is 72.1 Å². The molecule has 116 valence electrons. The molecular weight excluding hydrogens is 294 g/mol. The van der Waals surface area contributed by atoms with Gasteiger partial charge >= 0.3 is 0 Å². The Morgan fingerprint density at radius 1 is 1.04 bits per heavy atom. The van der Waals surface area contributed by atoms with Crippen molar-refractivity contribution in [3.63, 3.8) is 0 Å². The van der Waals surface area contributed by atoms with Crippen LogP contribution in [0, 0.1) is 0 Å². The van der Waals surface area contributed by atoms with Gasteiger partial charge in [-0.3, -0.25) is 9.78 Å². The molecule has 0 aliphatic carbocycles. The maximum absolute atomic E-state index is 12.0. The second-order valence-electron chi connectivity index (χ2n) is 4.77. The highest BCUT2D eigenvalue weighted by Crippen LogP contribution is 2.06. The summed E-state index contributed by atoms with van der Waals surface area (Å²) in [5.41, 5.74) is 1.24. The number of hydrogen-bond donors (Lipinski definition) is 2. The van der Waals surface area contributed by atoms with Crippen LogP contribution in [-0.2, 0) is 13.1 Å². The quantitative estimate of drug-likeness (QED) is 0.723. The summed E-state index contributed by atoms with van der Waals surface area (Å²) in [6.45, 7) is 0.927. The number of nitrogens with zero attached hydrogens (tertiary/aromatic N) is 3. The molecule has 0 atom stereocenters. The summed E-state index contributed by atoms with van der Waals surface area (Å²) >= 11 is 0. The minimum absolute atomic E-state index is 0.266. The highest BCUT2D eigenvalue weighted by atomic mass is 16.3. The number of furan rings is 1. The Bertz CT molecular complexity index is 742. The highest BCUT2D eigenvalue weighted by Gasteiger charge is 2.08. The van der Waals surface area contributed by atoms with Gasteiger partial charge in [-0.05, 0) is 42.0 Å². The summed E-state index contributed by atoms with van der Waals surface area (Å²) in [4.78, 5) is 15.9. The Morgan fingerprint density at radius 2 is 1.91 bits per heavy atom. The Kier molecular flexibility index (Phi) is 4.58.